The van der Waals surface area contributed by atoms with Crippen LogP contribution < -0.4 is 14.4 Å². The number of amides is 2. The Morgan fingerprint density at radius 2 is 1.67 bits per heavy atom. The molecule has 3 aromatic carbocycles. The predicted octanol–water partition coefficient (Wildman–Crippen LogP) is 4.36. The SMILES string of the molecule is CCCNC(=O)[C@H](C)N(Cc1ccc(C)cc1)C(=O)CN(c1ccc(OC)cc1)S(=O)(=O)c1ccc(C)c([N+](=O)[O-])c1. The first kappa shape index (κ1) is 32.1. The van der Waals surface area contributed by atoms with Crippen molar-refractivity contribution in [2.45, 2.75) is 51.6 Å². The summed E-state index contributed by atoms with van der Waals surface area (Å²) in [6.07, 6.45) is 0.705. The second-order valence-electron chi connectivity index (χ2n) is 9.89. The first-order chi connectivity index (χ1) is 19.9. The molecule has 0 radical (unpaired) electrons. The molecule has 0 bridgehead atoms. The molecule has 3 aromatic rings. The number of methoxy groups -OCH3 is 1. The topological polar surface area (TPSA) is 139 Å². The molecular weight excluding hydrogens is 560 g/mol. The summed E-state index contributed by atoms with van der Waals surface area (Å²) < 4.78 is 34.1. The van der Waals surface area contributed by atoms with Crippen molar-refractivity contribution in [3.05, 3.63) is 93.5 Å². The summed E-state index contributed by atoms with van der Waals surface area (Å²) >= 11 is 0. The van der Waals surface area contributed by atoms with Gasteiger partial charge in [0, 0.05) is 24.7 Å². The monoisotopic (exact) mass is 596 g/mol. The van der Waals surface area contributed by atoms with Crippen LogP contribution in [0.15, 0.2) is 71.6 Å². The Hall–Kier alpha value is -4.45. The zero-order valence-electron chi connectivity index (χ0n) is 24.4. The van der Waals surface area contributed by atoms with E-state index in [9.17, 15) is 28.1 Å². The first-order valence-electron chi connectivity index (χ1n) is 13.4. The molecule has 2 amide bonds. The van der Waals surface area contributed by atoms with Gasteiger partial charge in [-0.05, 0) is 63.1 Å². The third-order valence-electron chi connectivity index (χ3n) is 6.79. The van der Waals surface area contributed by atoms with Crippen LogP contribution in [0.25, 0.3) is 0 Å². The second-order valence-corrected chi connectivity index (χ2v) is 11.8. The number of sulfonamides is 1. The molecule has 0 unspecified atom stereocenters. The zero-order chi connectivity index (χ0) is 31.0. The lowest BCUT2D eigenvalue weighted by Crippen LogP contribution is -2.51. The molecule has 224 valence electrons. The fraction of sp³-hybridized carbons (Fsp3) is 0.333. The van der Waals surface area contributed by atoms with Crippen molar-refractivity contribution in [3.8, 4) is 5.75 Å². The number of nitrogens with zero attached hydrogens (tertiary/aromatic N) is 3. The van der Waals surface area contributed by atoms with Crippen LogP contribution in [0.2, 0.25) is 0 Å². The predicted molar refractivity (Wildman–Crippen MR) is 160 cm³/mol. The number of ether oxygens (including phenoxy) is 1. The summed E-state index contributed by atoms with van der Waals surface area (Å²) in [7, 11) is -3.01. The van der Waals surface area contributed by atoms with Gasteiger partial charge in [-0.2, -0.15) is 0 Å². The minimum absolute atomic E-state index is 0.0618. The van der Waals surface area contributed by atoms with E-state index < -0.39 is 33.4 Å². The molecule has 0 aliphatic heterocycles. The van der Waals surface area contributed by atoms with Gasteiger partial charge in [-0.15, -0.1) is 0 Å². The van der Waals surface area contributed by atoms with Crippen LogP contribution in [0.3, 0.4) is 0 Å². The quantitative estimate of drug-likeness (QED) is 0.228. The van der Waals surface area contributed by atoms with Gasteiger partial charge in [0.15, 0.2) is 0 Å². The van der Waals surface area contributed by atoms with E-state index in [0.717, 1.165) is 21.5 Å². The third kappa shape index (κ3) is 7.64. The molecular formula is C30H36N4O7S. The fourth-order valence-electron chi connectivity index (χ4n) is 4.22. The number of anilines is 1. The highest BCUT2D eigenvalue weighted by atomic mass is 32.2. The molecule has 12 heteroatoms. The molecule has 3 rings (SSSR count). The standard InChI is InChI=1S/C30H36N4O7S/c1-6-17-31-30(36)23(4)32(19-24-10-7-21(2)8-11-24)29(35)20-33(25-12-14-26(41-5)15-13-25)42(39,40)27-16-9-22(3)28(18-27)34(37)38/h7-16,18,23H,6,17,19-20H2,1-5H3,(H,31,36)/t23-/m0/s1. The van der Waals surface area contributed by atoms with Gasteiger partial charge in [0.2, 0.25) is 11.8 Å². The van der Waals surface area contributed by atoms with Gasteiger partial charge in [-0.1, -0.05) is 42.8 Å². The van der Waals surface area contributed by atoms with Crippen molar-refractivity contribution in [1.82, 2.24) is 10.2 Å². The van der Waals surface area contributed by atoms with Crippen molar-refractivity contribution >= 4 is 33.2 Å². The van der Waals surface area contributed by atoms with Crippen molar-refractivity contribution in [3.63, 3.8) is 0 Å². The molecule has 0 aliphatic carbocycles. The Balaban J connectivity index is 2.08. The van der Waals surface area contributed by atoms with Crippen LogP contribution in [-0.2, 0) is 26.2 Å². The molecule has 0 saturated carbocycles. The number of aryl methyl sites for hydroxylation is 2. The summed E-state index contributed by atoms with van der Waals surface area (Å²) in [5.74, 6) is -0.531. The van der Waals surface area contributed by atoms with E-state index >= 15 is 0 Å². The number of benzene rings is 3. The number of carbonyl (C=O) groups excluding carboxylic acids is 2. The Labute approximate surface area is 246 Å². The van der Waals surface area contributed by atoms with E-state index in [0.29, 0.717) is 24.3 Å². The van der Waals surface area contributed by atoms with Gasteiger partial charge >= 0.3 is 0 Å². The lowest BCUT2D eigenvalue weighted by atomic mass is 10.1. The zero-order valence-corrected chi connectivity index (χ0v) is 25.2. The Morgan fingerprint density at radius 1 is 1.02 bits per heavy atom. The molecule has 1 N–H and O–H groups in total. The van der Waals surface area contributed by atoms with Gasteiger partial charge in [-0.25, -0.2) is 8.42 Å². The normalized spacial score (nSPS) is 11.8. The van der Waals surface area contributed by atoms with Gasteiger partial charge in [0.1, 0.15) is 18.3 Å². The number of carbonyl (C=O) groups is 2. The minimum Gasteiger partial charge on any atom is -0.497 e. The number of hydrogen-bond donors (Lipinski definition) is 1. The molecule has 0 saturated heterocycles. The highest BCUT2D eigenvalue weighted by Crippen LogP contribution is 2.29. The smallest absolute Gasteiger partial charge is 0.273 e. The van der Waals surface area contributed by atoms with Crippen molar-refractivity contribution < 1.29 is 27.7 Å². The van der Waals surface area contributed by atoms with E-state index in [1.165, 1.54) is 43.2 Å². The lowest BCUT2D eigenvalue weighted by molar-refractivity contribution is -0.385. The minimum atomic E-state index is -4.47. The maximum Gasteiger partial charge on any atom is 0.273 e. The molecule has 0 spiro atoms. The molecule has 11 nitrogen and oxygen atoms in total. The highest BCUT2D eigenvalue weighted by molar-refractivity contribution is 7.92. The van der Waals surface area contributed by atoms with E-state index in [-0.39, 0.29) is 28.7 Å². The second kappa shape index (κ2) is 13.9. The number of hydrogen-bond acceptors (Lipinski definition) is 7. The van der Waals surface area contributed by atoms with Crippen LogP contribution in [0, 0.1) is 24.0 Å². The maximum atomic E-state index is 14.0. The Kier molecular flexibility index (Phi) is 10.6. The molecule has 0 aromatic heterocycles. The lowest BCUT2D eigenvalue weighted by Gasteiger charge is -2.32. The van der Waals surface area contributed by atoms with Crippen molar-refractivity contribution in [2.75, 3.05) is 24.5 Å². The highest BCUT2D eigenvalue weighted by Gasteiger charge is 2.33. The molecule has 42 heavy (non-hydrogen) atoms. The summed E-state index contributed by atoms with van der Waals surface area (Å²) in [6, 6.07) is 16.2. The summed E-state index contributed by atoms with van der Waals surface area (Å²) in [5.41, 5.74) is 1.86. The molecule has 0 aliphatic rings. The van der Waals surface area contributed by atoms with Gasteiger partial charge in [0.25, 0.3) is 15.7 Å². The number of nitrogens with one attached hydrogen (secondary N) is 1. The van der Waals surface area contributed by atoms with Crippen LogP contribution in [0.5, 0.6) is 5.75 Å². The average molecular weight is 597 g/mol. The van der Waals surface area contributed by atoms with E-state index in [1.807, 2.05) is 38.1 Å². The number of nitro groups is 1. The largest absolute Gasteiger partial charge is 0.497 e. The number of rotatable bonds is 13. The Morgan fingerprint density at radius 3 is 2.24 bits per heavy atom. The summed E-state index contributed by atoms with van der Waals surface area (Å²) in [4.78, 5) is 38.8. The maximum absolute atomic E-state index is 14.0. The third-order valence-corrected chi connectivity index (χ3v) is 8.56. The first-order valence-corrected chi connectivity index (χ1v) is 14.9. The summed E-state index contributed by atoms with van der Waals surface area (Å²) in [6.45, 7) is 6.77. The van der Waals surface area contributed by atoms with Crippen LogP contribution in [-0.4, -0.2) is 56.3 Å². The van der Waals surface area contributed by atoms with Gasteiger partial charge in [-0.3, -0.25) is 24.0 Å². The van der Waals surface area contributed by atoms with E-state index in [4.69, 9.17) is 4.74 Å². The molecule has 1 atom stereocenters. The van der Waals surface area contributed by atoms with Crippen molar-refractivity contribution in [2.24, 2.45) is 0 Å². The molecule has 0 heterocycles. The van der Waals surface area contributed by atoms with E-state index in [2.05, 4.69) is 5.32 Å². The van der Waals surface area contributed by atoms with Gasteiger partial charge in [0.05, 0.1) is 22.6 Å². The van der Waals surface area contributed by atoms with Crippen LogP contribution >= 0.6 is 0 Å². The van der Waals surface area contributed by atoms with Crippen LogP contribution in [0.1, 0.15) is 37.0 Å². The summed E-state index contributed by atoms with van der Waals surface area (Å²) in [5, 5.41) is 14.4. The Bertz CT molecular complexity index is 1520. The van der Waals surface area contributed by atoms with E-state index in [1.54, 1.807) is 19.1 Å². The van der Waals surface area contributed by atoms with Gasteiger partial charge < -0.3 is 15.0 Å². The fourth-order valence-corrected chi connectivity index (χ4v) is 5.65. The molecule has 0 fully saturated rings. The van der Waals surface area contributed by atoms with Crippen LogP contribution in [0.4, 0.5) is 11.4 Å². The van der Waals surface area contributed by atoms with Crippen molar-refractivity contribution in [1.29, 1.82) is 0 Å². The average Bonchev–Trinajstić information content (AvgIpc) is 2.97. The number of nitro benzene ring substituents is 1.